The van der Waals surface area contributed by atoms with Crippen LogP contribution < -0.4 is 15.4 Å². The topological polar surface area (TPSA) is 76.7 Å². The van der Waals surface area contributed by atoms with Crippen molar-refractivity contribution < 1.29 is 19.1 Å². The predicted octanol–water partition coefficient (Wildman–Crippen LogP) is 4.00. The van der Waals surface area contributed by atoms with Crippen molar-refractivity contribution in [3.05, 3.63) is 53.6 Å². The van der Waals surface area contributed by atoms with Gasteiger partial charge in [0.25, 0.3) is 0 Å². The van der Waals surface area contributed by atoms with Crippen molar-refractivity contribution in [3.63, 3.8) is 0 Å². The number of hydrogen-bond acceptors (Lipinski definition) is 5. The highest BCUT2D eigenvalue weighted by atomic mass is 35.5. The maximum Gasteiger partial charge on any atom is 0.325 e. The van der Waals surface area contributed by atoms with Gasteiger partial charge in [0, 0.05) is 5.69 Å². The number of rotatable bonds is 8. The number of benzene rings is 2. The molecule has 27 heavy (non-hydrogen) atoms. The maximum absolute atomic E-state index is 12.1. The second-order valence-corrected chi connectivity index (χ2v) is 6.71. The van der Waals surface area contributed by atoms with Crippen molar-refractivity contribution in [2.24, 2.45) is 0 Å². The Morgan fingerprint density at radius 2 is 1.74 bits per heavy atom. The predicted molar refractivity (Wildman–Crippen MR) is 105 cm³/mol. The van der Waals surface area contributed by atoms with E-state index in [9.17, 15) is 9.59 Å². The lowest BCUT2D eigenvalue weighted by Gasteiger charge is -2.23. The molecule has 0 unspecified atom stereocenters. The van der Waals surface area contributed by atoms with Crippen LogP contribution >= 0.6 is 11.6 Å². The monoisotopic (exact) mass is 390 g/mol. The van der Waals surface area contributed by atoms with Gasteiger partial charge in [-0.25, -0.2) is 0 Å². The van der Waals surface area contributed by atoms with Crippen LogP contribution in [0.5, 0.6) is 11.5 Å². The fourth-order valence-corrected chi connectivity index (χ4v) is 2.33. The zero-order valence-corrected chi connectivity index (χ0v) is 16.3. The molecule has 6 nitrogen and oxygen atoms in total. The summed E-state index contributed by atoms with van der Waals surface area (Å²) in [6.45, 7) is 5.33. The highest BCUT2D eigenvalue weighted by Gasteiger charge is 2.29. The summed E-state index contributed by atoms with van der Waals surface area (Å²) >= 11 is 6.07. The SMILES string of the molecule is CCOC(=O)C(C)(C)NCC(=O)Nc1ccc(Oc2ccccc2Cl)cc1. The molecule has 2 N–H and O–H groups in total. The Morgan fingerprint density at radius 3 is 2.37 bits per heavy atom. The van der Waals surface area contributed by atoms with Crippen molar-refractivity contribution >= 4 is 29.2 Å². The second kappa shape index (κ2) is 9.39. The second-order valence-electron chi connectivity index (χ2n) is 6.30. The lowest BCUT2D eigenvalue weighted by Crippen LogP contribution is -2.50. The number of nitrogens with one attached hydrogen (secondary N) is 2. The minimum Gasteiger partial charge on any atom is -0.465 e. The Morgan fingerprint density at radius 1 is 1.07 bits per heavy atom. The molecule has 0 atom stereocenters. The molecule has 0 heterocycles. The summed E-state index contributed by atoms with van der Waals surface area (Å²) in [5, 5.41) is 6.16. The van der Waals surface area contributed by atoms with Gasteiger partial charge in [0.1, 0.15) is 17.0 Å². The molecule has 2 rings (SSSR count). The van der Waals surface area contributed by atoms with Crippen LogP contribution in [0.1, 0.15) is 20.8 Å². The van der Waals surface area contributed by atoms with Crippen LogP contribution in [0.25, 0.3) is 0 Å². The molecule has 0 bridgehead atoms. The molecule has 0 saturated heterocycles. The van der Waals surface area contributed by atoms with Crippen LogP contribution in [-0.2, 0) is 14.3 Å². The Labute approximate surface area is 163 Å². The fourth-order valence-electron chi connectivity index (χ4n) is 2.15. The van der Waals surface area contributed by atoms with Gasteiger partial charge >= 0.3 is 5.97 Å². The third-order valence-electron chi connectivity index (χ3n) is 3.68. The van der Waals surface area contributed by atoms with Gasteiger partial charge in [-0.05, 0) is 57.2 Å². The molecule has 7 heteroatoms. The summed E-state index contributed by atoms with van der Waals surface area (Å²) < 4.78 is 10.7. The van der Waals surface area contributed by atoms with Crippen molar-refractivity contribution in [3.8, 4) is 11.5 Å². The molecule has 0 aliphatic rings. The van der Waals surface area contributed by atoms with E-state index in [-0.39, 0.29) is 12.5 Å². The highest BCUT2D eigenvalue weighted by Crippen LogP contribution is 2.29. The van der Waals surface area contributed by atoms with Crippen LogP contribution in [0.2, 0.25) is 5.02 Å². The minimum absolute atomic E-state index is 0.0241. The van der Waals surface area contributed by atoms with Crippen LogP contribution in [0.15, 0.2) is 48.5 Å². The third-order valence-corrected chi connectivity index (χ3v) is 3.99. The molecular weight excluding hydrogens is 368 g/mol. The molecule has 0 saturated carbocycles. The number of anilines is 1. The Bertz CT molecular complexity index is 791. The quantitative estimate of drug-likeness (QED) is 0.666. The van der Waals surface area contributed by atoms with Gasteiger partial charge in [-0.2, -0.15) is 0 Å². The first-order valence-electron chi connectivity index (χ1n) is 8.56. The molecule has 2 aromatic carbocycles. The van der Waals surface area contributed by atoms with Crippen molar-refractivity contribution in [1.29, 1.82) is 0 Å². The van der Waals surface area contributed by atoms with E-state index in [1.54, 1.807) is 57.2 Å². The Hall–Kier alpha value is -2.57. The summed E-state index contributed by atoms with van der Waals surface area (Å²) in [7, 11) is 0. The summed E-state index contributed by atoms with van der Waals surface area (Å²) in [5.41, 5.74) is -0.331. The van der Waals surface area contributed by atoms with E-state index in [0.29, 0.717) is 28.8 Å². The van der Waals surface area contributed by atoms with Gasteiger partial charge < -0.3 is 14.8 Å². The van der Waals surface area contributed by atoms with Crippen molar-refractivity contribution in [2.45, 2.75) is 26.3 Å². The molecule has 0 aromatic heterocycles. The van der Waals surface area contributed by atoms with Crippen molar-refractivity contribution in [2.75, 3.05) is 18.5 Å². The molecule has 2 aromatic rings. The zero-order valence-electron chi connectivity index (χ0n) is 15.5. The molecule has 0 radical (unpaired) electrons. The van der Waals surface area contributed by atoms with E-state index in [0.717, 1.165) is 0 Å². The van der Waals surface area contributed by atoms with Gasteiger partial charge in [-0.1, -0.05) is 23.7 Å². The van der Waals surface area contributed by atoms with E-state index in [2.05, 4.69) is 10.6 Å². The van der Waals surface area contributed by atoms with E-state index in [1.165, 1.54) is 0 Å². The number of carbonyl (C=O) groups excluding carboxylic acids is 2. The molecule has 144 valence electrons. The van der Waals surface area contributed by atoms with Gasteiger partial charge in [0.15, 0.2) is 0 Å². The molecule has 1 amide bonds. The normalized spacial score (nSPS) is 11.0. The average Bonchev–Trinajstić information content (AvgIpc) is 2.64. The van der Waals surface area contributed by atoms with Crippen LogP contribution in [0, 0.1) is 0 Å². The fraction of sp³-hybridized carbons (Fsp3) is 0.300. The van der Waals surface area contributed by atoms with E-state index in [1.807, 2.05) is 12.1 Å². The number of hydrogen-bond donors (Lipinski definition) is 2. The van der Waals surface area contributed by atoms with Crippen LogP contribution in [-0.4, -0.2) is 30.6 Å². The lowest BCUT2D eigenvalue weighted by atomic mass is 10.1. The largest absolute Gasteiger partial charge is 0.465 e. The third kappa shape index (κ3) is 6.27. The summed E-state index contributed by atoms with van der Waals surface area (Å²) in [6.07, 6.45) is 0. The van der Waals surface area contributed by atoms with E-state index < -0.39 is 11.5 Å². The van der Waals surface area contributed by atoms with E-state index in [4.69, 9.17) is 21.1 Å². The van der Waals surface area contributed by atoms with E-state index >= 15 is 0 Å². The molecule has 0 aliphatic heterocycles. The zero-order chi connectivity index (χ0) is 19.9. The summed E-state index contributed by atoms with van der Waals surface area (Å²) in [6, 6.07) is 14.1. The number of carbonyl (C=O) groups is 2. The summed E-state index contributed by atoms with van der Waals surface area (Å²) in [5.74, 6) is 0.482. The molecule has 0 spiro atoms. The first-order chi connectivity index (χ1) is 12.8. The number of halogens is 1. The van der Waals surface area contributed by atoms with Gasteiger partial charge in [0.05, 0.1) is 18.2 Å². The van der Waals surface area contributed by atoms with Crippen LogP contribution in [0.3, 0.4) is 0 Å². The number of ether oxygens (including phenoxy) is 2. The van der Waals surface area contributed by atoms with Gasteiger partial charge in [0.2, 0.25) is 5.91 Å². The first-order valence-corrected chi connectivity index (χ1v) is 8.94. The minimum atomic E-state index is -0.944. The summed E-state index contributed by atoms with van der Waals surface area (Å²) in [4.78, 5) is 23.9. The molecular formula is C20H23ClN2O4. The Kier molecular flexibility index (Phi) is 7.21. The number of esters is 1. The van der Waals surface area contributed by atoms with Gasteiger partial charge in [-0.3, -0.25) is 14.9 Å². The number of para-hydroxylation sites is 1. The standard InChI is InChI=1S/C20H23ClN2O4/c1-4-26-19(25)20(2,3)22-13-18(24)23-14-9-11-15(12-10-14)27-17-8-6-5-7-16(17)21/h5-12,22H,4,13H2,1-3H3,(H,23,24). The van der Waals surface area contributed by atoms with Crippen molar-refractivity contribution in [1.82, 2.24) is 5.32 Å². The Balaban J connectivity index is 1.88. The highest BCUT2D eigenvalue weighted by molar-refractivity contribution is 6.32. The number of amides is 1. The maximum atomic E-state index is 12.1. The van der Waals surface area contributed by atoms with Gasteiger partial charge in [-0.15, -0.1) is 0 Å². The lowest BCUT2D eigenvalue weighted by molar-refractivity contribution is -0.149. The molecule has 0 aliphatic carbocycles. The average molecular weight is 391 g/mol. The first kappa shape index (κ1) is 20.7. The van der Waals surface area contributed by atoms with Crippen LogP contribution in [0.4, 0.5) is 5.69 Å². The molecule has 0 fully saturated rings. The smallest absolute Gasteiger partial charge is 0.325 e.